The number of methoxy groups -OCH3 is 2. The van der Waals surface area contributed by atoms with Gasteiger partial charge in [0.1, 0.15) is 0 Å². The van der Waals surface area contributed by atoms with E-state index in [4.69, 9.17) is 4.74 Å². The summed E-state index contributed by atoms with van der Waals surface area (Å²) in [7, 11) is 2.95. The zero-order valence-corrected chi connectivity index (χ0v) is 11.4. The number of aromatic nitrogens is 1. The number of esters is 1. The Morgan fingerprint density at radius 2 is 2.31 bits per heavy atom. The van der Waals surface area contributed by atoms with Gasteiger partial charge >= 0.3 is 5.97 Å². The minimum atomic E-state index is -0.213. The first-order chi connectivity index (χ1) is 7.67. The Morgan fingerprint density at radius 1 is 1.56 bits per heavy atom. The minimum absolute atomic E-state index is 0.213. The lowest BCUT2D eigenvalue weighted by Gasteiger charge is -2.06. The first kappa shape index (κ1) is 13.3. The van der Waals surface area contributed by atoms with Crippen molar-refractivity contribution in [3.05, 3.63) is 16.7 Å². The lowest BCUT2D eigenvalue weighted by molar-refractivity contribution is -0.140. The molecule has 0 amide bonds. The van der Waals surface area contributed by atoms with E-state index in [1.165, 1.54) is 18.9 Å². The third-order valence-corrected chi connectivity index (χ3v) is 3.22. The molecular formula is C10H12BrNO3S. The number of halogens is 1. The van der Waals surface area contributed by atoms with Gasteiger partial charge in [0.2, 0.25) is 5.88 Å². The van der Waals surface area contributed by atoms with Crippen LogP contribution >= 0.6 is 27.7 Å². The van der Waals surface area contributed by atoms with Crippen molar-refractivity contribution >= 4 is 33.7 Å². The standard InChI is InChI=1S/C10H12BrNO3S/c1-14-9(13)3-4-16-8-5-7(11)6-12-10(8)15-2/h5-6H,3-4H2,1-2H3. The first-order valence-corrected chi connectivity index (χ1v) is 6.34. The maximum Gasteiger partial charge on any atom is 0.306 e. The number of pyridine rings is 1. The maximum absolute atomic E-state index is 10.9. The summed E-state index contributed by atoms with van der Waals surface area (Å²) >= 11 is 4.85. The van der Waals surface area contributed by atoms with Crippen LogP contribution in [-0.2, 0) is 9.53 Å². The molecule has 0 N–H and O–H groups in total. The van der Waals surface area contributed by atoms with Gasteiger partial charge in [-0.3, -0.25) is 4.79 Å². The number of carbonyl (C=O) groups is 1. The van der Waals surface area contributed by atoms with Gasteiger partial charge in [-0.1, -0.05) is 0 Å². The lowest BCUT2D eigenvalue weighted by Crippen LogP contribution is -2.01. The summed E-state index contributed by atoms with van der Waals surface area (Å²) in [5.74, 6) is 0.994. The molecular weight excluding hydrogens is 294 g/mol. The molecule has 0 aliphatic heterocycles. The van der Waals surface area contributed by atoms with Gasteiger partial charge in [-0.25, -0.2) is 4.98 Å². The lowest BCUT2D eigenvalue weighted by atomic mass is 10.5. The van der Waals surface area contributed by atoms with Crippen LogP contribution < -0.4 is 4.74 Å². The van der Waals surface area contributed by atoms with E-state index < -0.39 is 0 Å². The molecule has 0 saturated carbocycles. The van der Waals surface area contributed by atoms with Gasteiger partial charge < -0.3 is 9.47 Å². The molecule has 0 spiro atoms. The highest BCUT2D eigenvalue weighted by Gasteiger charge is 2.07. The van der Waals surface area contributed by atoms with Gasteiger partial charge in [0.25, 0.3) is 0 Å². The van der Waals surface area contributed by atoms with Gasteiger partial charge in [-0.2, -0.15) is 0 Å². The molecule has 4 nitrogen and oxygen atoms in total. The fourth-order valence-electron chi connectivity index (χ4n) is 1.01. The van der Waals surface area contributed by atoms with E-state index in [1.807, 2.05) is 6.07 Å². The molecule has 0 aliphatic rings. The van der Waals surface area contributed by atoms with E-state index in [9.17, 15) is 4.79 Å². The predicted molar refractivity (Wildman–Crippen MR) is 65.8 cm³/mol. The van der Waals surface area contributed by atoms with E-state index in [0.29, 0.717) is 18.1 Å². The largest absolute Gasteiger partial charge is 0.480 e. The zero-order chi connectivity index (χ0) is 12.0. The number of ether oxygens (including phenoxy) is 2. The van der Waals surface area contributed by atoms with Crippen molar-refractivity contribution in [3.63, 3.8) is 0 Å². The van der Waals surface area contributed by atoms with Crippen molar-refractivity contribution in [1.29, 1.82) is 0 Å². The summed E-state index contributed by atoms with van der Waals surface area (Å²) < 4.78 is 10.6. The molecule has 0 saturated heterocycles. The quantitative estimate of drug-likeness (QED) is 0.618. The fourth-order valence-corrected chi connectivity index (χ4v) is 2.45. The summed E-state index contributed by atoms with van der Waals surface area (Å²) in [6.07, 6.45) is 2.04. The molecule has 88 valence electrons. The van der Waals surface area contributed by atoms with Gasteiger partial charge in [-0.05, 0) is 22.0 Å². The normalized spacial score (nSPS) is 9.94. The van der Waals surface area contributed by atoms with E-state index in [-0.39, 0.29) is 5.97 Å². The van der Waals surface area contributed by atoms with Crippen LogP contribution in [0.3, 0.4) is 0 Å². The number of thioether (sulfide) groups is 1. The molecule has 6 heteroatoms. The highest BCUT2D eigenvalue weighted by atomic mass is 79.9. The summed E-state index contributed by atoms with van der Waals surface area (Å²) in [5, 5.41) is 0. The molecule has 1 heterocycles. The molecule has 0 unspecified atom stereocenters. The average Bonchev–Trinajstić information content (AvgIpc) is 2.29. The van der Waals surface area contributed by atoms with Crippen LogP contribution in [0.2, 0.25) is 0 Å². The molecule has 1 aromatic heterocycles. The van der Waals surface area contributed by atoms with Gasteiger partial charge in [0.15, 0.2) is 0 Å². The average molecular weight is 306 g/mol. The third-order valence-electron chi connectivity index (χ3n) is 1.77. The van der Waals surface area contributed by atoms with E-state index in [0.717, 1.165) is 9.37 Å². The van der Waals surface area contributed by atoms with Crippen molar-refractivity contribution < 1.29 is 14.3 Å². The minimum Gasteiger partial charge on any atom is -0.480 e. The number of hydrogen-bond donors (Lipinski definition) is 0. The number of rotatable bonds is 5. The van der Waals surface area contributed by atoms with Crippen molar-refractivity contribution in [1.82, 2.24) is 4.98 Å². The molecule has 0 aromatic carbocycles. The maximum atomic E-state index is 10.9. The Morgan fingerprint density at radius 3 is 2.94 bits per heavy atom. The van der Waals surface area contributed by atoms with Crippen molar-refractivity contribution in [2.24, 2.45) is 0 Å². The molecule has 0 fully saturated rings. The molecule has 0 radical (unpaired) electrons. The van der Waals surface area contributed by atoms with Crippen LogP contribution in [0.1, 0.15) is 6.42 Å². The monoisotopic (exact) mass is 305 g/mol. The highest BCUT2D eigenvalue weighted by Crippen LogP contribution is 2.30. The molecule has 1 rings (SSSR count). The molecule has 16 heavy (non-hydrogen) atoms. The summed E-state index contributed by atoms with van der Waals surface area (Å²) in [4.78, 5) is 15.9. The second-order valence-corrected chi connectivity index (χ2v) is 4.89. The Balaban J connectivity index is 2.58. The highest BCUT2D eigenvalue weighted by molar-refractivity contribution is 9.10. The zero-order valence-electron chi connectivity index (χ0n) is 9.03. The van der Waals surface area contributed by atoms with Crippen LogP contribution in [0, 0.1) is 0 Å². The van der Waals surface area contributed by atoms with Crippen molar-refractivity contribution in [3.8, 4) is 5.88 Å². The molecule has 1 aromatic rings. The first-order valence-electron chi connectivity index (χ1n) is 4.56. The fraction of sp³-hybridized carbons (Fsp3) is 0.400. The van der Waals surface area contributed by atoms with Crippen molar-refractivity contribution in [2.75, 3.05) is 20.0 Å². The topological polar surface area (TPSA) is 48.4 Å². The van der Waals surface area contributed by atoms with E-state index >= 15 is 0 Å². The van der Waals surface area contributed by atoms with Crippen LogP contribution in [-0.4, -0.2) is 30.9 Å². The Labute approximate surface area is 107 Å². The number of hydrogen-bond acceptors (Lipinski definition) is 5. The Hall–Kier alpha value is -0.750. The van der Waals surface area contributed by atoms with Crippen LogP contribution in [0.4, 0.5) is 0 Å². The Kier molecular flexibility index (Phi) is 5.62. The van der Waals surface area contributed by atoms with Gasteiger partial charge in [-0.15, -0.1) is 11.8 Å². The molecule has 0 aliphatic carbocycles. The summed E-state index contributed by atoms with van der Waals surface area (Å²) in [5.41, 5.74) is 0. The molecule has 0 bridgehead atoms. The van der Waals surface area contributed by atoms with Crippen LogP contribution in [0.25, 0.3) is 0 Å². The second-order valence-electron chi connectivity index (χ2n) is 2.84. The number of nitrogens with zero attached hydrogens (tertiary/aromatic N) is 1. The summed E-state index contributed by atoms with van der Waals surface area (Å²) in [6, 6.07) is 1.91. The van der Waals surface area contributed by atoms with Gasteiger partial charge in [0, 0.05) is 16.4 Å². The predicted octanol–water partition coefficient (Wildman–Crippen LogP) is 2.51. The number of carbonyl (C=O) groups excluding carboxylic acids is 1. The Bertz CT molecular complexity index is 373. The van der Waals surface area contributed by atoms with Crippen LogP contribution in [0.15, 0.2) is 21.6 Å². The van der Waals surface area contributed by atoms with Crippen molar-refractivity contribution in [2.45, 2.75) is 11.3 Å². The van der Waals surface area contributed by atoms with E-state index in [1.54, 1.807) is 13.3 Å². The smallest absolute Gasteiger partial charge is 0.306 e. The third kappa shape index (κ3) is 4.02. The van der Waals surface area contributed by atoms with Gasteiger partial charge in [0.05, 0.1) is 25.5 Å². The van der Waals surface area contributed by atoms with E-state index in [2.05, 4.69) is 25.7 Å². The van der Waals surface area contributed by atoms with Crippen LogP contribution in [0.5, 0.6) is 5.88 Å². The molecule has 0 atom stereocenters. The SMILES string of the molecule is COC(=O)CCSc1cc(Br)cnc1OC. The second kappa shape index (κ2) is 6.75. The summed E-state index contributed by atoms with van der Waals surface area (Å²) in [6.45, 7) is 0.